The van der Waals surface area contributed by atoms with Crippen molar-refractivity contribution in [2.45, 2.75) is 38.1 Å². The SMILES string of the molecule is CNCC1(CNC2CCN(C)CC2)CCC1. The molecule has 2 fully saturated rings. The summed E-state index contributed by atoms with van der Waals surface area (Å²) in [6, 6.07) is 0.769. The third kappa shape index (κ3) is 2.96. The summed E-state index contributed by atoms with van der Waals surface area (Å²) in [4.78, 5) is 2.44. The van der Waals surface area contributed by atoms with Gasteiger partial charge in [0, 0.05) is 19.1 Å². The summed E-state index contributed by atoms with van der Waals surface area (Å²) in [6.45, 7) is 4.93. The third-order valence-electron chi connectivity index (χ3n) is 4.45. The van der Waals surface area contributed by atoms with Crippen LogP contribution in [-0.2, 0) is 0 Å². The second-order valence-electron chi connectivity index (χ2n) is 5.84. The van der Waals surface area contributed by atoms with Crippen LogP contribution in [0, 0.1) is 5.41 Å². The monoisotopic (exact) mass is 225 g/mol. The molecule has 3 heteroatoms. The highest BCUT2D eigenvalue weighted by molar-refractivity contribution is 4.92. The zero-order valence-electron chi connectivity index (χ0n) is 10.9. The van der Waals surface area contributed by atoms with Crippen LogP contribution in [0.4, 0.5) is 0 Å². The molecule has 2 N–H and O–H groups in total. The highest BCUT2D eigenvalue weighted by Crippen LogP contribution is 2.39. The highest BCUT2D eigenvalue weighted by atomic mass is 15.1. The first-order valence-corrected chi connectivity index (χ1v) is 6.81. The van der Waals surface area contributed by atoms with Gasteiger partial charge < -0.3 is 15.5 Å². The molecule has 1 saturated heterocycles. The lowest BCUT2D eigenvalue weighted by Crippen LogP contribution is -2.50. The Morgan fingerprint density at radius 1 is 1.19 bits per heavy atom. The summed E-state index contributed by atoms with van der Waals surface area (Å²) < 4.78 is 0. The van der Waals surface area contributed by atoms with Crippen LogP contribution >= 0.6 is 0 Å². The van der Waals surface area contributed by atoms with Gasteiger partial charge >= 0.3 is 0 Å². The summed E-state index contributed by atoms with van der Waals surface area (Å²) in [7, 11) is 4.31. The van der Waals surface area contributed by atoms with Gasteiger partial charge in [-0.15, -0.1) is 0 Å². The first kappa shape index (κ1) is 12.3. The molecule has 1 aliphatic carbocycles. The van der Waals surface area contributed by atoms with Gasteiger partial charge in [-0.25, -0.2) is 0 Å². The van der Waals surface area contributed by atoms with Crippen LogP contribution in [0.1, 0.15) is 32.1 Å². The van der Waals surface area contributed by atoms with Crippen molar-refractivity contribution in [1.29, 1.82) is 0 Å². The molecule has 0 atom stereocenters. The first-order chi connectivity index (χ1) is 7.74. The van der Waals surface area contributed by atoms with E-state index in [0.717, 1.165) is 6.04 Å². The molecular formula is C13H27N3. The molecule has 0 spiro atoms. The van der Waals surface area contributed by atoms with Crippen molar-refractivity contribution in [1.82, 2.24) is 15.5 Å². The van der Waals surface area contributed by atoms with E-state index in [4.69, 9.17) is 0 Å². The Morgan fingerprint density at radius 3 is 2.38 bits per heavy atom. The van der Waals surface area contributed by atoms with Crippen molar-refractivity contribution in [2.75, 3.05) is 40.3 Å². The Labute approximate surface area is 100.0 Å². The van der Waals surface area contributed by atoms with E-state index in [1.54, 1.807) is 0 Å². The van der Waals surface area contributed by atoms with E-state index in [-0.39, 0.29) is 0 Å². The van der Waals surface area contributed by atoms with E-state index in [2.05, 4.69) is 29.6 Å². The van der Waals surface area contributed by atoms with Crippen molar-refractivity contribution in [2.24, 2.45) is 5.41 Å². The van der Waals surface area contributed by atoms with Crippen LogP contribution in [0.2, 0.25) is 0 Å². The fraction of sp³-hybridized carbons (Fsp3) is 1.00. The van der Waals surface area contributed by atoms with E-state index in [9.17, 15) is 0 Å². The number of hydrogen-bond donors (Lipinski definition) is 2. The lowest BCUT2D eigenvalue weighted by atomic mass is 9.68. The van der Waals surface area contributed by atoms with Gasteiger partial charge in [0.05, 0.1) is 0 Å². The molecule has 0 unspecified atom stereocenters. The van der Waals surface area contributed by atoms with E-state index in [1.807, 2.05) is 0 Å². The molecule has 0 aromatic carbocycles. The zero-order chi connectivity index (χ0) is 11.4. The number of nitrogens with zero attached hydrogens (tertiary/aromatic N) is 1. The molecule has 16 heavy (non-hydrogen) atoms. The Morgan fingerprint density at radius 2 is 1.88 bits per heavy atom. The molecule has 0 amide bonds. The second kappa shape index (κ2) is 5.48. The Balaban J connectivity index is 1.70. The largest absolute Gasteiger partial charge is 0.319 e. The van der Waals surface area contributed by atoms with Crippen molar-refractivity contribution in [3.05, 3.63) is 0 Å². The van der Waals surface area contributed by atoms with Crippen LogP contribution in [0.25, 0.3) is 0 Å². The predicted octanol–water partition coefficient (Wildman–Crippen LogP) is 1.06. The van der Waals surface area contributed by atoms with Gasteiger partial charge in [0.2, 0.25) is 0 Å². The molecular weight excluding hydrogens is 198 g/mol. The van der Waals surface area contributed by atoms with E-state index >= 15 is 0 Å². The summed E-state index contributed by atoms with van der Waals surface area (Å²) in [5.74, 6) is 0. The maximum absolute atomic E-state index is 3.80. The summed E-state index contributed by atoms with van der Waals surface area (Å²) >= 11 is 0. The Hall–Kier alpha value is -0.120. The fourth-order valence-electron chi connectivity index (χ4n) is 3.04. The van der Waals surface area contributed by atoms with Crippen molar-refractivity contribution < 1.29 is 0 Å². The van der Waals surface area contributed by atoms with Crippen LogP contribution in [-0.4, -0.2) is 51.2 Å². The van der Waals surface area contributed by atoms with Gasteiger partial charge in [-0.3, -0.25) is 0 Å². The summed E-state index contributed by atoms with van der Waals surface area (Å²) in [6.07, 6.45) is 6.90. The maximum Gasteiger partial charge on any atom is 0.00916 e. The molecule has 1 aliphatic heterocycles. The minimum atomic E-state index is 0.581. The molecule has 2 rings (SSSR count). The average molecular weight is 225 g/mol. The van der Waals surface area contributed by atoms with Crippen LogP contribution in [0.5, 0.6) is 0 Å². The first-order valence-electron chi connectivity index (χ1n) is 6.81. The van der Waals surface area contributed by atoms with Crippen LogP contribution in [0.15, 0.2) is 0 Å². The lowest BCUT2D eigenvalue weighted by Gasteiger charge is -2.43. The Bertz CT molecular complexity index is 205. The normalized spacial score (nSPS) is 26.6. The minimum absolute atomic E-state index is 0.581. The number of nitrogens with one attached hydrogen (secondary N) is 2. The van der Waals surface area contributed by atoms with Crippen molar-refractivity contribution in [3.8, 4) is 0 Å². The summed E-state index contributed by atoms with van der Waals surface area (Å²) in [5, 5.41) is 7.16. The smallest absolute Gasteiger partial charge is 0.00916 e. The number of hydrogen-bond acceptors (Lipinski definition) is 3. The minimum Gasteiger partial charge on any atom is -0.319 e. The topological polar surface area (TPSA) is 27.3 Å². The van der Waals surface area contributed by atoms with Gasteiger partial charge in [0.15, 0.2) is 0 Å². The fourth-order valence-corrected chi connectivity index (χ4v) is 3.04. The van der Waals surface area contributed by atoms with E-state index in [1.165, 1.54) is 58.3 Å². The third-order valence-corrected chi connectivity index (χ3v) is 4.45. The van der Waals surface area contributed by atoms with Crippen molar-refractivity contribution >= 4 is 0 Å². The average Bonchev–Trinajstić information content (AvgIpc) is 2.24. The van der Waals surface area contributed by atoms with Gasteiger partial charge in [-0.05, 0) is 58.3 Å². The molecule has 0 bridgehead atoms. The second-order valence-corrected chi connectivity index (χ2v) is 5.84. The quantitative estimate of drug-likeness (QED) is 0.732. The highest BCUT2D eigenvalue weighted by Gasteiger charge is 2.36. The molecule has 3 nitrogen and oxygen atoms in total. The molecule has 0 aromatic rings. The molecule has 94 valence electrons. The van der Waals surface area contributed by atoms with E-state index in [0.29, 0.717) is 5.41 Å². The molecule has 2 aliphatic rings. The maximum atomic E-state index is 3.80. The molecule has 0 aromatic heterocycles. The van der Waals surface area contributed by atoms with Crippen LogP contribution in [0.3, 0.4) is 0 Å². The number of likely N-dealkylation sites (tertiary alicyclic amines) is 1. The van der Waals surface area contributed by atoms with Gasteiger partial charge in [-0.2, -0.15) is 0 Å². The van der Waals surface area contributed by atoms with Gasteiger partial charge in [-0.1, -0.05) is 6.42 Å². The molecule has 0 radical (unpaired) electrons. The zero-order valence-corrected chi connectivity index (χ0v) is 10.9. The number of rotatable bonds is 5. The molecule has 1 saturated carbocycles. The van der Waals surface area contributed by atoms with Gasteiger partial charge in [0.1, 0.15) is 0 Å². The van der Waals surface area contributed by atoms with Crippen molar-refractivity contribution in [3.63, 3.8) is 0 Å². The number of piperidine rings is 1. The van der Waals surface area contributed by atoms with Gasteiger partial charge in [0.25, 0.3) is 0 Å². The predicted molar refractivity (Wildman–Crippen MR) is 68.7 cm³/mol. The van der Waals surface area contributed by atoms with Crippen LogP contribution < -0.4 is 10.6 Å². The molecule has 1 heterocycles. The Kier molecular flexibility index (Phi) is 4.22. The standard InChI is InChI=1S/C13H27N3/c1-14-10-13(6-3-7-13)11-15-12-4-8-16(2)9-5-12/h12,14-15H,3-11H2,1-2H3. The van der Waals surface area contributed by atoms with E-state index < -0.39 is 0 Å². The lowest BCUT2D eigenvalue weighted by molar-refractivity contribution is 0.117. The summed E-state index contributed by atoms with van der Waals surface area (Å²) in [5.41, 5.74) is 0.581.